The van der Waals surface area contributed by atoms with E-state index in [4.69, 9.17) is 0 Å². The van der Waals surface area contributed by atoms with Crippen LogP contribution in [0.15, 0.2) is 16.9 Å². The average molecular weight is 271 g/mol. The molecule has 2 rings (SSSR count). The molecule has 4 nitrogen and oxygen atoms in total. The van der Waals surface area contributed by atoms with Crippen LogP contribution in [0.1, 0.15) is 13.8 Å². The van der Waals surface area contributed by atoms with Gasteiger partial charge in [0.25, 0.3) is 0 Å². The topological polar surface area (TPSA) is 41.1 Å². The number of aromatic nitrogens is 2. The van der Waals surface area contributed by atoms with Gasteiger partial charge in [0.1, 0.15) is 0 Å². The Bertz CT molecular complexity index is 336. The molecule has 1 aliphatic rings. The van der Waals surface area contributed by atoms with Crippen molar-refractivity contribution in [3.63, 3.8) is 0 Å². The molecule has 1 aromatic heterocycles. The molecular weight excluding hydrogens is 256 g/mol. The Morgan fingerprint density at radius 3 is 2.67 bits per heavy atom. The van der Waals surface area contributed by atoms with Gasteiger partial charge >= 0.3 is 0 Å². The van der Waals surface area contributed by atoms with E-state index in [1.807, 2.05) is 0 Å². The van der Waals surface area contributed by atoms with Crippen LogP contribution in [-0.2, 0) is 0 Å². The maximum absolute atomic E-state index is 4.31. The second-order valence-electron chi connectivity index (χ2n) is 4.43. The number of rotatable bonds is 1. The molecule has 15 heavy (non-hydrogen) atoms. The van der Waals surface area contributed by atoms with Crippen LogP contribution in [0.5, 0.6) is 0 Å². The molecule has 0 unspecified atom stereocenters. The Hall–Kier alpha value is -0.680. The lowest BCUT2D eigenvalue weighted by atomic mass is 10.0. The van der Waals surface area contributed by atoms with E-state index < -0.39 is 0 Å². The molecule has 0 bridgehead atoms. The highest BCUT2D eigenvalue weighted by molar-refractivity contribution is 9.10. The molecule has 1 aromatic rings. The van der Waals surface area contributed by atoms with Gasteiger partial charge in [-0.2, -0.15) is 0 Å². The van der Waals surface area contributed by atoms with Crippen molar-refractivity contribution in [3.8, 4) is 0 Å². The zero-order valence-corrected chi connectivity index (χ0v) is 10.6. The van der Waals surface area contributed by atoms with Crippen LogP contribution in [0.2, 0.25) is 0 Å². The maximum atomic E-state index is 4.31. The second-order valence-corrected chi connectivity index (χ2v) is 5.35. The summed E-state index contributed by atoms with van der Waals surface area (Å²) >= 11 is 3.34. The van der Waals surface area contributed by atoms with Crippen molar-refractivity contribution in [2.75, 3.05) is 24.5 Å². The minimum absolute atomic E-state index is 0.134. The largest absolute Gasteiger partial charge is 0.338 e. The quantitative estimate of drug-likeness (QED) is 0.839. The third-order valence-electron chi connectivity index (χ3n) is 2.46. The smallest absolute Gasteiger partial charge is 0.225 e. The van der Waals surface area contributed by atoms with Crippen LogP contribution in [0.25, 0.3) is 0 Å². The average Bonchev–Trinajstić information content (AvgIpc) is 2.17. The number of hydrogen-bond donors (Lipinski definition) is 1. The van der Waals surface area contributed by atoms with E-state index in [1.54, 1.807) is 12.4 Å². The van der Waals surface area contributed by atoms with Crippen molar-refractivity contribution in [1.29, 1.82) is 0 Å². The van der Waals surface area contributed by atoms with Crippen molar-refractivity contribution in [3.05, 3.63) is 16.9 Å². The fourth-order valence-electron chi connectivity index (χ4n) is 1.78. The van der Waals surface area contributed by atoms with Gasteiger partial charge in [-0.1, -0.05) is 0 Å². The lowest BCUT2D eigenvalue weighted by molar-refractivity contribution is 0.350. The zero-order chi connectivity index (χ0) is 10.9. The number of hydrogen-bond acceptors (Lipinski definition) is 4. The Balaban J connectivity index is 2.13. The van der Waals surface area contributed by atoms with Crippen molar-refractivity contribution >= 4 is 21.9 Å². The highest BCUT2D eigenvalue weighted by atomic mass is 79.9. The molecule has 0 aromatic carbocycles. The third-order valence-corrected chi connectivity index (χ3v) is 2.87. The Morgan fingerprint density at radius 1 is 1.40 bits per heavy atom. The Kier molecular flexibility index (Phi) is 2.93. The summed E-state index contributed by atoms with van der Waals surface area (Å²) in [7, 11) is 0. The molecule has 1 N–H and O–H groups in total. The maximum Gasteiger partial charge on any atom is 0.225 e. The number of anilines is 1. The summed E-state index contributed by atoms with van der Waals surface area (Å²) in [4.78, 5) is 10.8. The van der Waals surface area contributed by atoms with Gasteiger partial charge in [0.15, 0.2) is 0 Å². The third kappa shape index (κ3) is 2.66. The number of piperazine rings is 1. The van der Waals surface area contributed by atoms with Crippen LogP contribution in [0.4, 0.5) is 5.95 Å². The van der Waals surface area contributed by atoms with Gasteiger partial charge in [0, 0.05) is 37.6 Å². The van der Waals surface area contributed by atoms with E-state index >= 15 is 0 Å². The van der Waals surface area contributed by atoms with Crippen molar-refractivity contribution < 1.29 is 0 Å². The molecule has 0 atom stereocenters. The molecule has 0 amide bonds. The van der Waals surface area contributed by atoms with Crippen LogP contribution in [-0.4, -0.2) is 35.1 Å². The molecule has 0 spiro atoms. The summed E-state index contributed by atoms with van der Waals surface area (Å²) in [5.41, 5.74) is 0.134. The molecule has 1 aliphatic heterocycles. The van der Waals surface area contributed by atoms with Gasteiger partial charge in [0.05, 0.1) is 4.47 Å². The molecule has 2 heterocycles. The molecule has 0 aliphatic carbocycles. The summed E-state index contributed by atoms with van der Waals surface area (Å²) in [6.45, 7) is 7.27. The van der Waals surface area contributed by atoms with Crippen LogP contribution in [0, 0.1) is 0 Å². The van der Waals surface area contributed by atoms with Crippen molar-refractivity contribution in [2.45, 2.75) is 19.4 Å². The normalized spacial score (nSPS) is 20.3. The van der Waals surface area contributed by atoms with Crippen molar-refractivity contribution in [1.82, 2.24) is 15.3 Å². The number of nitrogens with one attached hydrogen (secondary N) is 1. The predicted octanol–water partition coefficient (Wildman–Crippen LogP) is 1.43. The SMILES string of the molecule is CC1(C)CN(c2ncc(Br)cn2)CCN1. The second kappa shape index (κ2) is 4.06. The lowest BCUT2D eigenvalue weighted by Gasteiger charge is -2.39. The van der Waals surface area contributed by atoms with Gasteiger partial charge in [0.2, 0.25) is 5.95 Å². The molecule has 0 saturated carbocycles. The van der Waals surface area contributed by atoms with Crippen LogP contribution in [0.3, 0.4) is 0 Å². The highest BCUT2D eigenvalue weighted by Gasteiger charge is 2.26. The first-order chi connectivity index (χ1) is 7.07. The van der Waals surface area contributed by atoms with E-state index in [1.165, 1.54) is 0 Å². The summed E-state index contributed by atoms with van der Waals surface area (Å²) in [6, 6.07) is 0. The molecule has 1 saturated heterocycles. The monoisotopic (exact) mass is 270 g/mol. The first kappa shape index (κ1) is 10.8. The highest BCUT2D eigenvalue weighted by Crippen LogP contribution is 2.16. The van der Waals surface area contributed by atoms with E-state index in [2.05, 4.69) is 50.0 Å². The lowest BCUT2D eigenvalue weighted by Crippen LogP contribution is -2.57. The Labute approximate surface area is 98.2 Å². The summed E-state index contributed by atoms with van der Waals surface area (Å²) < 4.78 is 0.917. The molecular formula is C10H15BrN4. The fourth-order valence-corrected chi connectivity index (χ4v) is 1.99. The molecule has 5 heteroatoms. The minimum Gasteiger partial charge on any atom is -0.338 e. The van der Waals surface area contributed by atoms with E-state index in [0.29, 0.717) is 0 Å². The summed E-state index contributed by atoms with van der Waals surface area (Å²) in [5.74, 6) is 0.813. The van der Waals surface area contributed by atoms with Gasteiger partial charge in [-0.3, -0.25) is 0 Å². The standard InChI is InChI=1S/C10H15BrN4/c1-10(2)7-15(4-3-14-10)9-12-5-8(11)6-13-9/h5-6,14H,3-4,7H2,1-2H3. The first-order valence-electron chi connectivity index (χ1n) is 5.04. The van der Waals surface area contributed by atoms with Crippen LogP contribution >= 0.6 is 15.9 Å². The minimum atomic E-state index is 0.134. The van der Waals surface area contributed by atoms with Gasteiger partial charge in [-0.05, 0) is 29.8 Å². The fraction of sp³-hybridized carbons (Fsp3) is 0.600. The van der Waals surface area contributed by atoms with E-state index in [-0.39, 0.29) is 5.54 Å². The molecule has 82 valence electrons. The summed E-state index contributed by atoms with van der Waals surface area (Å²) in [5, 5.41) is 3.46. The van der Waals surface area contributed by atoms with Crippen LogP contribution < -0.4 is 10.2 Å². The predicted molar refractivity (Wildman–Crippen MR) is 64.0 cm³/mol. The number of nitrogens with zero attached hydrogens (tertiary/aromatic N) is 3. The van der Waals surface area contributed by atoms with Gasteiger partial charge in [-0.25, -0.2) is 9.97 Å². The van der Waals surface area contributed by atoms with E-state index in [0.717, 1.165) is 30.1 Å². The molecule has 1 fully saturated rings. The van der Waals surface area contributed by atoms with E-state index in [9.17, 15) is 0 Å². The molecule has 0 radical (unpaired) electrons. The first-order valence-corrected chi connectivity index (χ1v) is 5.84. The summed E-state index contributed by atoms with van der Waals surface area (Å²) in [6.07, 6.45) is 3.58. The van der Waals surface area contributed by atoms with Gasteiger partial charge in [-0.15, -0.1) is 0 Å². The Morgan fingerprint density at radius 2 is 2.07 bits per heavy atom. The van der Waals surface area contributed by atoms with Gasteiger partial charge < -0.3 is 10.2 Å². The number of halogens is 1. The zero-order valence-electron chi connectivity index (χ0n) is 9.00. The van der Waals surface area contributed by atoms with Crippen molar-refractivity contribution in [2.24, 2.45) is 0 Å².